The van der Waals surface area contributed by atoms with E-state index >= 15 is 0 Å². The van der Waals surface area contributed by atoms with Crippen molar-refractivity contribution >= 4 is 5.91 Å². The lowest BCUT2D eigenvalue weighted by molar-refractivity contribution is -0.135. The summed E-state index contributed by atoms with van der Waals surface area (Å²) in [5.74, 6) is -0.322. The van der Waals surface area contributed by atoms with Crippen molar-refractivity contribution < 1.29 is 13.9 Å². The zero-order valence-corrected chi connectivity index (χ0v) is 13.1. The fourth-order valence-corrected chi connectivity index (χ4v) is 2.32. The molecule has 0 spiro atoms. The summed E-state index contributed by atoms with van der Waals surface area (Å²) in [6.45, 7) is 5.26. The second-order valence-corrected chi connectivity index (χ2v) is 5.04. The third-order valence-corrected chi connectivity index (χ3v) is 3.55. The highest BCUT2D eigenvalue weighted by molar-refractivity contribution is 5.79. The van der Waals surface area contributed by atoms with Gasteiger partial charge in [-0.3, -0.25) is 4.79 Å². The molecule has 0 radical (unpaired) electrons. The number of amides is 1. The Morgan fingerprint density at radius 3 is 2.62 bits per heavy atom. The van der Waals surface area contributed by atoms with Gasteiger partial charge in [0.1, 0.15) is 0 Å². The molecule has 0 aliphatic carbocycles. The van der Waals surface area contributed by atoms with Gasteiger partial charge in [-0.15, -0.1) is 0 Å². The van der Waals surface area contributed by atoms with Gasteiger partial charge in [-0.1, -0.05) is 19.4 Å². The number of carbonyl (C=O) groups excluding carboxylic acids is 1. The molecule has 0 saturated heterocycles. The zero-order chi connectivity index (χ0) is 15.8. The maximum Gasteiger partial charge on any atom is 0.227 e. The first-order valence-electron chi connectivity index (χ1n) is 7.38. The molecule has 2 N–H and O–H groups in total. The Labute approximate surface area is 126 Å². The topological polar surface area (TPSA) is 55.6 Å². The van der Waals surface area contributed by atoms with E-state index in [1.165, 1.54) is 13.2 Å². The predicted octanol–water partition coefficient (Wildman–Crippen LogP) is 2.56. The molecule has 1 aromatic carbocycles. The largest absolute Gasteiger partial charge is 0.494 e. The van der Waals surface area contributed by atoms with Gasteiger partial charge < -0.3 is 15.4 Å². The molecule has 0 heterocycles. The van der Waals surface area contributed by atoms with Gasteiger partial charge in [0, 0.05) is 19.6 Å². The molecule has 0 bridgehead atoms. The predicted molar refractivity (Wildman–Crippen MR) is 81.5 cm³/mol. The second-order valence-electron chi connectivity index (χ2n) is 5.04. The van der Waals surface area contributed by atoms with E-state index in [1.807, 2.05) is 13.8 Å². The van der Waals surface area contributed by atoms with Crippen LogP contribution in [0.2, 0.25) is 0 Å². The highest BCUT2D eigenvalue weighted by Gasteiger charge is 2.21. The molecule has 5 heteroatoms. The van der Waals surface area contributed by atoms with Crippen molar-refractivity contribution in [3.05, 3.63) is 29.6 Å². The molecule has 0 aromatic heterocycles. The Kier molecular flexibility index (Phi) is 7.15. The van der Waals surface area contributed by atoms with Crippen molar-refractivity contribution in [3.63, 3.8) is 0 Å². The lowest BCUT2D eigenvalue weighted by Crippen LogP contribution is -2.38. The number of benzene rings is 1. The van der Waals surface area contributed by atoms with Crippen molar-refractivity contribution in [1.82, 2.24) is 4.90 Å². The first-order chi connectivity index (χ1) is 10.1. The van der Waals surface area contributed by atoms with Gasteiger partial charge in [0.05, 0.1) is 13.0 Å². The van der Waals surface area contributed by atoms with Crippen LogP contribution < -0.4 is 10.5 Å². The Morgan fingerprint density at radius 2 is 2.14 bits per heavy atom. The van der Waals surface area contributed by atoms with Crippen LogP contribution in [0.15, 0.2) is 18.2 Å². The average molecular weight is 296 g/mol. The minimum absolute atomic E-state index is 0.0399. The lowest BCUT2D eigenvalue weighted by Gasteiger charge is -2.25. The van der Waals surface area contributed by atoms with E-state index in [-0.39, 0.29) is 17.6 Å². The Bertz CT molecular complexity index is 466. The normalized spacial score (nSPS) is 12.0. The molecule has 0 saturated carbocycles. The molecule has 0 fully saturated rings. The maximum atomic E-state index is 13.7. The number of nitrogens with two attached hydrogens (primary N) is 1. The van der Waals surface area contributed by atoms with Crippen LogP contribution in [-0.2, 0) is 11.3 Å². The summed E-state index contributed by atoms with van der Waals surface area (Å²) in [5, 5.41) is 0. The standard InChI is InChI=1S/C16H25FN2O2/c1-4-6-13(10-18)16(20)19(5-2)11-12-7-8-15(21-3)14(17)9-12/h7-9,13H,4-6,10-11,18H2,1-3H3. The zero-order valence-electron chi connectivity index (χ0n) is 13.1. The van der Waals surface area contributed by atoms with Crippen LogP contribution in [0, 0.1) is 11.7 Å². The van der Waals surface area contributed by atoms with E-state index in [0.29, 0.717) is 19.6 Å². The summed E-state index contributed by atoms with van der Waals surface area (Å²) in [4.78, 5) is 14.2. The average Bonchev–Trinajstić information content (AvgIpc) is 2.49. The van der Waals surface area contributed by atoms with E-state index in [0.717, 1.165) is 18.4 Å². The van der Waals surface area contributed by atoms with Crippen molar-refractivity contribution in [3.8, 4) is 5.75 Å². The van der Waals surface area contributed by atoms with Crippen molar-refractivity contribution in [2.24, 2.45) is 11.7 Å². The van der Waals surface area contributed by atoms with E-state index in [9.17, 15) is 9.18 Å². The summed E-state index contributed by atoms with van der Waals surface area (Å²) < 4.78 is 18.6. The Balaban J connectivity index is 2.81. The minimum atomic E-state index is -0.414. The van der Waals surface area contributed by atoms with Gasteiger partial charge in [0.15, 0.2) is 11.6 Å². The molecule has 21 heavy (non-hydrogen) atoms. The molecule has 1 rings (SSSR count). The number of methoxy groups -OCH3 is 1. The molecular weight excluding hydrogens is 271 g/mol. The van der Waals surface area contributed by atoms with Crippen LogP contribution >= 0.6 is 0 Å². The fourth-order valence-electron chi connectivity index (χ4n) is 2.32. The first kappa shape index (κ1) is 17.4. The minimum Gasteiger partial charge on any atom is -0.494 e. The summed E-state index contributed by atoms with van der Waals surface area (Å²) in [6, 6.07) is 4.76. The SMILES string of the molecule is CCCC(CN)C(=O)N(CC)Cc1ccc(OC)c(F)c1. The highest BCUT2D eigenvalue weighted by Crippen LogP contribution is 2.19. The number of ether oxygens (including phenoxy) is 1. The third kappa shape index (κ3) is 4.70. The van der Waals surface area contributed by atoms with Gasteiger partial charge in [-0.25, -0.2) is 4.39 Å². The fraction of sp³-hybridized carbons (Fsp3) is 0.562. The number of halogens is 1. The van der Waals surface area contributed by atoms with E-state index in [4.69, 9.17) is 10.5 Å². The highest BCUT2D eigenvalue weighted by atomic mass is 19.1. The maximum absolute atomic E-state index is 13.7. The Morgan fingerprint density at radius 1 is 1.43 bits per heavy atom. The first-order valence-corrected chi connectivity index (χ1v) is 7.38. The molecule has 0 aliphatic heterocycles. The van der Waals surface area contributed by atoms with Gasteiger partial charge >= 0.3 is 0 Å². The second kappa shape index (κ2) is 8.62. The number of rotatable bonds is 8. The van der Waals surface area contributed by atoms with Crippen LogP contribution in [0.5, 0.6) is 5.75 Å². The van der Waals surface area contributed by atoms with E-state index < -0.39 is 5.82 Å². The number of carbonyl (C=O) groups is 1. The van der Waals surface area contributed by atoms with Gasteiger partial charge in [-0.05, 0) is 31.0 Å². The van der Waals surface area contributed by atoms with Gasteiger partial charge in [0.2, 0.25) is 5.91 Å². The van der Waals surface area contributed by atoms with E-state index in [2.05, 4.69) is 0 Å². The monoisotopic (exact) mass is 296 g/mol. The summed E-state index contributed by atoms with van der Waals surface area (Å²) in [6.07, 6.45) is 1.70. The van der Waals surface area contributed by atoms with Crippen LogP contribution in [0.4, 0.5) is 4.39 Å². The molecule has 1 amide bonds. The van der Waals surface area contributed by atoms with Gasteiger partial charge in [-0.2, -0.15) is 0 Å². The van der Waals surface area contributed by atoms with Gasteiger partial charge in [0.25, 0.3) is 0 Å². The summed E-state index contributed by atoms with van der Waals surface area (Å²) >= 11 is 0. The lowest BCUT2D eigenvalue weighted by atomic mass is 10.0. The van der Waals surface area contributed by atoms with Crippen molar-refractivity contribution in [1.29, 1.82) is 0 Å². The molecule has 0 aliphatic rings. The third-order valence-electron chi connectivity index (χ3n) is 3.55. The number of hydrogen-bond acceptors (Lipinski definition) is 3. The molecule has 118 valence electrons. The molecule has 1 atom stereocenters. The van der Waals surface area contributed by atoms with Crippen LogP contribution in [-0.4, -0.2) is 31.0 Å². The number of hydrogen-bond donors (Lipinski definition) is 1. The Hall–Kier alpha value is -1.62. The van der Waals surface area contributed by atoms with Crippen LogP contribution in [0.1, 0.15) is 32.3 Å². The van der Waals surface area contributed by atoms with Crippen LogP contribution in [0.25, 0.3) is 0 Å². The summed E-state index contributed by atoms with van der Waals surface area (Å²) in [7, 11) is 1.43. The molecule has 1 unspecified atom stereocenters. The number of nitrogens with zero attached hydrogens (tertiary/aromatic N) is 1. The van der Waals surface area contributed by atoms with Crippen LogP contribution in [0.3, 0.4) is 0 Å². The van der Waals surface area contributed by atoms with E-state index in [1.54, 1.807) is 17.0 Å². The molecule has 1 aromatic rings. The quantitative estimate of drug-likeness (QED) is 0.802. The molecular formula is C16H25FN2O2. The smallest absolute Gasteiger partial charge is 0.227 e. The summed E-state index contributed by atoms with van der Waals surface area (Å²) in [5.41, 5.74) is 6.43. The van der Waals surface area contributed by atoms with Crippen molar-refractivity contribution in [2.75, 3.05) is 20.2 Å². The molecule has 4 nitrogen and oxygen atoms in total. The van der Waals surface area contributed by atoms with Crippen molar-refractivity contribution in [2.45, 2.75) is 33.2 Å².